The van der Waals surface area contributed by atoms with Gasteiger partial charge in [-0.05, 0) is 126 Å². The molecule has 1 spiro atoms. The van der Waals surface area contributed by atoms with Crippen molar-refractivity contribution in [3.63, 3.8) is 0 Å². The SMILES string of the molecule is c1ccc(-c2cc(-c3ccc(N(c4ccccc4)c4ccc5c(c4)-c4ccccc4C54c5ccccc5-c5ccccc54)cc3)c3ccccc3c2)cc1. The second kappa shape index (κ2) is 12.0. The molecule has 0 saturated carbocycles. The van der Waals surface area contributed by atoms with E-state index in [9.17, 15) is 0 Å². The number of fused-ring (bicyclic) bond motifs is 11. The second-order valence-electron chi connectivity index (χ2n) is 14.4. The summed E-state index contributed by atoms with van der Waals surface area (Å²) in [5.74, 6) is 0. The quantitative estimate of drug-likeness (QED) is 0.174. The highest BCUT2D eigenvalue weighted by atomic mass is 15.1. The van der Waals surface area contributed by atoms with Crippen molar-refractivity contribution in [2.75, 3.05) is 4.90 Å². The van der Waals surface area contributed by atoms with E-state index in [2.05, 4.69) is 217 Å². The van der Waals surface area contributed by atoms with Crippen LogP contribution in [0.25, 0.3) is 55.3 Å². The summed E-state index contributed by atoms with van der Waals surface area (Å²) in [4.78, 5) is 2.40. The molecule has 0 radical (unpaired) electrons. The zero-order valence-electron chi connectivity index (χ0n) is 29.7. The van der Waals surface area contributed by atoms with E-state index in [1.165, 1.54) is 77.5 Å². The number of para-hydroxylation sites is 1. The molecule has 0 bridgehead atoms. The topological polar surface area (TPSA) is 3.24 Å². The summed E-state index contributed by atoms with van der Waals surface area (Å²) in [5.41, 5.74) is 18.6. The number of anilines is 3. The molecule has 252 valence electrons. The standard InChI is InChI=1S/C53H35N/c1-3-15-36(16-4-1)39-33-38-17-7-8-20-43(38)47(34-39)37-27-29-41(30-28-37)54(40-18-5-2-6-19-40)42-31-32-52-48(35-42)46-23-11-14-26-51(46)53(52)49-24-12-9-21-44(49)45-22-10-13-25-50(45)53/h1-35H. The van der Waals surface area contributed by atoms with E-state index in [0.717, 1.165) is 17.1 Å². The van der Waals surface area contributed by atoms with Gasteiger partial charge in [0.1, 0.15) is 0 Å². The van der Waals surface area contributed by atoms with E-state index in [1.54, 1.807) is 0 Å². The first-order chi connectivity index (χ1) is 26.8. The fourth-order valence-corrected chi connectivity index (χ4v) is 9.39. The first-order valence-corrected chi connectivity index (χ1v) is 18.8. The Morgan fingerprint density at radius 1 is 0.278 bits per heavy atom. The number of rotatable bonds is 5. The lowest BCUT2D eigenvalue weighted by Gasteiger charge is -2.31. The van der Waals surface area contributed by atoms with E-state index < -0.39 is 0 Å². The fourth-order valence-electron chi connectivity index (χ4n) is 9.39. The van der Waals surface area contributed by atoms with E-state index in [0.29, 0.717) is 0 Å². The lowest BCUT2D eigenvalue weighted by molar-refractivity contribution is 0.794. The molecule has 1 heteroatoms. The van der Waals surface area contributed by atoms with Crippen molar-refractivity contribution in [2.45, 2.75) is 5.41 Å². The minimum atomic E-state index is -0.353. The third-order valence-corrected chi connectivity index (χ3v) is 11.7. The van der Waals surface area contributed by atoms with E-state index in [-0.39, 0.29) is 5.41 Å². The van der Waals surface area contributed by atoms with Gasteiger partial charge in [0.2, 0.25) is 0 Å². The average molecular weight is 686 g/mol. The van der Waals surface area contributed by atoms with Crippen LogP contribution in [0, 0.1) is 0 Å². The zero-order chi connectivity index (χ0) is 35.6. The molecule has 0 saturated heterocycles. The van der Waals surface area contributed by atoms with Crippen molar-refractivity contribution >= 4 is 27.8 Å². The third kappa shape index (κ3) is 4.45. The molecule has 9 aromatic rings. The summed E-state index contributed by atoms with van der Waals surface area (Å²) in [5, 5.41) is 2.50. The molecule has 0 fully saturated rings. The van der Waals surface area contributed by atoms with Crippen LogP contribution in [0.15, 0.2) is 212 Å². The van der Waals surface area contributed by atoms with Crippen LogP contribution in [-0.4, -0.2) is 0 Å². The molecule has 0 aliphatic heterocycles. The summed E-state index contributed by atoms with van der Waals surface area (Å²) >= 11 is 0. The number of nitrogens with zero attached hydrogens (tertiary/aromatic N) is 1. The van der Waals surface area contributed by atoms with Crippen molar-refractivity contribution in [1.82, 2.24) is 0 Å². The van der Waals surface area contributed by atoms with E-state index >= 15 is 0 Å². The second-order valence-corrected chi connectivity index (χ2v) is 14.4. The van der Waals surface area contributed by atoms with Crippen LogP contribution in [0.5, 0.6) is 0 Å². The molecular formula is C53H35N. The Morgan fingerprint density at radius 2 is 0.778 bits per heavy atom. The summed E-state index contributed by atoms with van der Waals surface area (Å²) in [6, 6.07) is 78.1. The highest BCUT2D eigenvalue weighted by Crippen LogP contribution is 2.63. The minimum absolute atomic E-state index is 0.353. The smallest absolute Gasteiger partial charge is 0.0725 e. The molecule has 1 nitrogen and oxygen atoms in total. The molecule has 0 N–H and O–H groups in total. The molecule has 9 aromatic carbocycles. The summed E-state index contributed by atoms with van der Waals surface area (Å²) in [7, 11) is 0. The van der Waals surface area contributed by atoms with Gasteiger partial charge in [-0.1, -0.05) is 164 Å². The number of benzene rings is 9. The van der Waals surface area contributed by atoms with Crippen molar-refractivity contribution in [2.24, 2.45) is 0 Å². The lowest BCUT2D eigenvalue weighted by Crippen LogP contribution is -2.25. The minimum Gasteiger partial charge on any atom is -0.310 e. The van der Waals surface area contributed by atoms with Crippen LogP contribution >= 0.6 is 0 Å². The van der Waals surface area contributed by atoms with Crippen molar-refractivity contribution in [3.8, 4) is 44.5 Å². The van der Waals surface area contributed by atoms with Crippen LogP contribution in [0.4, 0.5) is 17.1 Å². The maximum absolute atomic E-state index is 2.42. The van der Waals surface area contributed by atoms with Crippen molar-refractivity contribution < 1.29 is 0 Å². The van der Waals surface area contributed by atoms with Gasteiger partial charge in [0.15, 0.2) is 0 Å². The molecular weight excluding hydrogens is 651 g/mol. The first kappa shape index (κ1) is 30.6. The van der Waals surface area contributed by atoms with Gasteiger partial charge in [0, 0.05) is 17.1 Å². The predicted molar refractivity (Wildman–Crippen MR) is 226 cm³/mol. The largest absolute Gasteiger partial charge is 0.310 e. The highest BCUT2D eigenvalue weighted by Gasteiger charge is 2.51. The Balaban J connectivity index is 1.07. The molecule has 0 aromatic heterocycles. The molecule has 2 aliphatic carbocycles. The Bertz CT molecular complexity index is 2820. The monoisotopic (exact) mass is 685 g/mol. The van der Waals surface area contributed by atoms with E-state index in [1.807, 2.05) is 0 Å². The van der Waals surface area contributed by atoms with Crippen LogP contribution < -0.4 is 4.90 Å². The van der Waals surface area contributed by atoms with Gasteiger partial charge in [0.05, 0.1) is 5.41 Å². The van der Waals surface area contributed by atoms with Crippen LogP contribution in [0.1, 0.15) is 22.3 Å². The van der Waals surface area contributed by atoms with Gasteiger partial charge >= 0.3 is 0 Å². The summed E-state index contributed by atoms with van der Waals surface area (Å²) in [6.07, 6.45) is 0. The van der Waals surface area contributed by atoms with Gasteiger partial charge in [-0.25, -0.2) is 0 Å². The molecule has 0 amide bonds. The molecule has 54 heavy (non-hydrogen) atoms. The molecule has 2 aliphatic rings. The Morgan fingerprint density at radius 3 is 1.44 bits per heavy atom. The van der Waals surface area contributed by atoms with Gasteiger partial charge in [-0.2, -0.15) is 0 Å². The molecule has 0 unspecified atom stereocenters. The third-order valence-electron chi connectivity index (χ3n) is 11.7. The molecule has 11 rings (SSSR count). The van der Waals surface area contributed by atoms with Crippen LogP contribution in [0.2, 0.25) is 0 Å². The normalized spacial score (nSPS) is 13.0. The Hall–Kier alpha value is -6.96. The predicted octanol–water partition coefficient (Wildman–Crippen LogP) is 14.0. The Kier molecular flexibility index (Phi) is 6.84. The first-order valence-electron chi connectivity index (χ1n) is 18.8. The maximum atomic E-state index is 2.42. The van der Waals surface area contributed by atoms with Gasteiger partial charge < -0.3 is 4.90 Å². The Labute approximate surface area is 316 Å². The lowest BCUT2D eigenvalue weighted by atomic mass is 9.70. The zero-order valence-corrected chi connectivity index (χ0v) is 29.7. The molecule has 0 heterocycles. The number of hydrogen-bond donors (Lipinski definition) is 0. The van der Waals surface area contributed by atoms with E-state index in [4.69, 9.17) is 0 Å². The van der Waals surface area contributed by atoms with Gasteiger partial charge in [-0.3, -0.25) is 0 Å². The van der Waals surface area contributed by atoms with Crippen LogP contribution in [-0.2, 0) is 5.41 Å². The van der Waals surface area contributed by atoms with Gasteiger partial charge in [0.25, 0.3) is 0 Å². The van der Waals surface area contributed by atoms with Crippen molar-refractivity contribution in [3.05, 3.63) is 235 Å². The fraction of sp³-hybridized carbons (Fsp3) is 0.0189. The maximum Gasteiger partial charge on any atom is 0.0725 e. The average Bonchev–Trinajstić information content (AvgIpc) is 3.71. The van der Waals surface area contributed by atoms with Gasteiger partial charge in [-0.15, -0.1) is 0 Å². The molecule has 0 atom stereocenters. The van der Waals surface area contributed by atoms with Crippen LogP contribution in [0.3, 0.4) is 0 Å². The summed E-state index contributed by atoms with van der Waals surface area (Å²) in [6.45, 7) is 0. The highest BCUT2D eigenvalue weighted by molar-refractivity contribution is 6.01. The number of hydrogen-bond acceptors (Lipinski definition) is 1. The summed E-state index contributed by atoms with van der Waals surface area (Å²) < 4.78 is 0. The van der Waals surface area contributed by atoms with Crippen molar-refractivity contribution in [1.29, 1.82) is 0 Å².